The molecule has 0 spiro atoms. The molecule has 2 aromatic carbocycles. The monoisotopic (exact) mass is 564 g/mol. The number of esters is 1. The normalized spacial score (nSPS) is 16.8. The lowest BCUT2D eigenvalue weighted by Gasteiger charge is -2.25. The third kappa shape index (κ3) is 5.41. The van der Waals surface area contributed by atoms with Crippen LogP contribution in [0, 0.1) is 0 Å². The zero-order valence-electron chi connectivity index (χ0n) is 20.5. The molecule has 0 radical (unpaired) electrons. The number of aromatic nitrogens is 1. The molecule has 1 aliphatic heterocycles. The largest absolute Gasteiger partial charge is 0.507 e. The van der Waals surface area contributed by atoms with Crippen LogP contribution >= 0.6 is 15.9 Å². The number of hydrogen-bond acceptors (Lipinski definition) is 7. The Hall–Kier alpha value is -3.98. The Bertz CT molecular complexity index is 1370. The highest BCUT2D eigenvalue weighted by atomic mass is 79.9. The van der Waals surface area contributed by atoms with E-state index in [1.54, 1.807) is 80.8 Å². The molecule has 1 saturated heterocycles. The van der Waals surface area contributed by atoms with Crippen LogP contribution < -0.4 is 4.74 Å². The molecule has 0 bridgehead atoms. The highest BCUT2D eigenvalue weighted by Gasteiger charge is 2.46. The molecule has 1 fully saturated rings. The van der Waals surface area contributed by atoms with Gasteiger partial charge in [0.15, 0.2) is 0 Å². The summed E-state index contributed by atoms with van der Waals surface area (Å²) in [7, 11) is 1.52. The number of nitrogens with zero attached hydrogens (tertiary/aromatic N) is 2. The number of halogens is 1. The van der Waals surface area contributed by atoms with E-state index in [-0.39, 0.29) is 24.0 Å². The molecule has 8 nitrogen and oxygen atoms in total. The van der Waals surface area contributed by atoms with Crippen molar-refractivity contribution in [2.75, 3.05) is 7.11 Å². The van der Waals surface area contributed by atoms with Crippen molar-refractivity contribution in [3.05, 3.63) is 99.3 Å². The van der Waals surface area contributed by atoms with E-state index < -0.39 is 23.7 Å². The summed E-state index contributed by atoms with van der Waals surface area (Å²) in [5.41, 5.74) is 1.98. The van der Waals surface area contributed by atoms with Crippen LogP contribution in [0.1, 0.15) is 46.9 Å². The molecule has 9 heteroatoms. The van der Waals surface area contributed by atoms with Crippen LogP contribution in [-0.4, -0.2) is 45.9 Å². The standard InChI is InChI=1S/C28H25BrN2O6/c1-16(2)37-28(35)18-8-6-17(7-9-18)15-31-24(20-5-4-12-30-14-20)23(26(33)27(31)34)25(32)19-10-11-22(36-3)21(29)13-19/h4-14,16,24,32H,15H2,1-3H3/b25-23-. The van der Waals surface area contributed by atoms with E-state index in [1.165, 1.54) is 12.0 Å². The van der Waals surface area contributed by atoms with E-state index in [9.17, 15) is 19.5 Å². The van der Waals surface area contributed by atoms with Crippen LogP contribution in [0.15, 0.2) is 77.0 Å². The zero-order valence-corrected chi connectivity index (χ0v) is 22.1. The first-order chi connectivity index (χ1) is 17.7. The van der Waals surface area contributed by atoms with Crippen molar-refractivity contribution in [1.82, 2.24) is 9.88 Å². The smallest absolute Gasteiger partial charge is 0.338 e. The fourth-order valence-corrected chi connectivity index (χ4v) is 4.66. The van der Waals surface area contributed by atoms with Gasteiger partial charge in [-0.1, -0.05) is 18.2 Å². The number of pyridine rings is 1. The summed E-state index contributed by atoms with van der Waals surface area (Å²) in [6.45, 7) is 3.62. The number of methoxy groups -OCH3 is 1. The number of benzene rings is 2. The third-order valence-corrected chi connectivity index (χ3v) is 6.47. The molecule has 0 saturated carbocycles. The van der Waals surface area contributed by atoms with Gasteiger partial charge in [-0.25, -0.2) is 4.79 Å². The summed E-state index contributed by atoms with van der Waals surface area (Å²) < 4.78 is 11.1. The number of rotatable bonds is 7. The molecule has 1 amide bonds. The van der Waals surface area contributed by atoms with Crippen LogP contribution in [0.5, 0.6) is 5.75 Å². The van der Waals surface area contributed by atoms with Crippen LogP contribution in [0.2, 0.25) is 0 Å². The van der Waals surface area contributed by atoms with Crippen LogP contribution in [0.3, 0.4) is 0 Å². The molecular weight excluding hydrogens is 540 g/mol. The Kier molecular flexibility index (Phi) is 7.73. The molecule has 1 unspecified atom stereocenters. The predicted molar refractivity (Wildman–Crippen MR) is 140 cm³/mol. The van der Waals surface area contributed by atoms with Crippen LogP contribution in [-0.2, 0) is 20.9 Å². The first-order valence-corrected chi connectivity index (χ1v) is 12.3. The second kappa shape index (κ2) is 11.0. The first kappa shape index (κ1) is 26.1. The number of carbonyl (C=O) groups is 3. The van der Waals surface area contributed by atoms with Gasteiger partial charge in [-0.05, 0) is 77.3 Å². The highest BCUT2D eigenvalue weighted by molar-refractivity contribution is 9.10. The fraction of sp³-hybridized carbons (Fsp3) is 0.214. The maximum Gasteiger partial charge on any atom is 0.338 e. The summed E-state index contributed by atoms with van der Waals surface area (Å²) in [5.74, 6) is -1.73. The lowest BCUT2D eigenvalue weighted by atomic mass is 9.96. The van der Waals surface area contributed by atoms with Gasteiger partial charge >= 0.3 is 5.97 Å². The van der Waals surface area contributed by atoms with Crippen molar-refractivity contribution in [3.63, 3.8) is 0 Å². The minimum absolute atomic E-state index is 0.0350. The van der Waals surface area contributed by atoms with Gasteiger partial charge < -0.3 is 19.5 Å². The van der Waals surface area contributed by atoms with Crippen molar-refractivity contribution >= 4 is 39.3 Å². The predicted octanol–water partition coefficient (Wildman–Crippen LogP) is 5.04. The summed E-state index contributed by atoms with van der Waals surface area (Å²) in [5, 5.41) is 11.2. The van der Waals surface area contributed by atoms with Gasteiger partial charge in [-0.15, -0.1) is 0 Å². The van der Waals surface area contributed by atoms with Crippen molar-refractivity contribution in [2.24, 2.45) is 0 Å². The summed E-state index contributed by atoms with van der Waals surface area (Å²) in [6, 6.07) is 14.1. The molecule has 37 heavy (non-hydrogen) atoms. The molecule has 0 aliphatic carbocycles. The second-order valence-electron chi connectivity index (χ2n) is 8.71. The van der Waals surface area contributed by atoms with Gasteiger partial charge in [0.25, 0.3) is 11.7 Å². The Morgan fingerprint density at radius 2 is 1.81 bits per heavy atom. The molecule has 1 aliphatic rings. The van der Waals surface area contributed by atoms with E-state index in [4.69, 9.17) is 9.47 Å². The van der Waals surface area contributed by atoms with Gasteiger partial charge in [-0.3, -0.25) is 14.6 Å². The minimum atomic E-state index is -0.861. The lowest BCUT2D eigenvalue weighted by molar-refractivity contribution is -0.140. The van der Waals surface area contributed by atoms with Gasteiger partial charge in [0.05, 0.1) is 34.9 Å². The van der Waals surface area contributed by atoms with Gasteiger partial charge in [0.1, 0.15) is 11.5 Å². The third-order valence-electron chi connectivity index (χ3n) is 5.85. The number of ketones is 1. The SMILES string of the molecule is COc1ccc(/C(O)=C2/C(=O)C(=O)N(Cc3ccc(C(=O)OC(C)C)cc3)C2c2cccnc2)cc1Br. The maximum absolute atomic E-state index is 13.2. The van der Waals surface area contributed by atoms with Crippen molar-refractivity contribution in [3.8, 4) is 5.75 Å². The van der Waals surface area contributed by atoms with E-state index >= 15 is 0 Å². The highest BCUT2D eigenvalue weighted by Crippen LogP contribution is 2.40. The maximum atomic E-state index is 13.2. The number of hydrogen-bond donors (Lipinski definition) is 1. The van der Waals surface area contributed by atoms with Gasteiger partial charge in [0.2, 0.25) is 0 Å². The summed E-state index contributed by atoms with van der Waals surface area (Å²) >= 11 is 3.39. The van der Waals surface area contributed by atoms with E-state index in [0.29, 0.717) is 32.5 Å². The Morgan fingerprint density at radius 1 is 1.11 bits per heavy atom. The Labute approximate surface area is 222 Å². The van der Waals surface area contributed by atoms with Crippen molar-refractivity contribution in [1.29, 1.82) is 0 Å². The van der Waals surface area contributed by atoms with E-state index in [1.807, 2.05) is 0 Å². The van der Waals surface area contributed by atoms with E-state index in [0.717, 1.165) is 0 Å². The summed E-state index contributed by atoms with van der Waals surface area (Å²) in [6.07, 6.45) is 2.90. The molecule has 1 aromatic heterocycles. The second-order valence-corrected chi connectivity index (χ2v) is 9.57. The summed E-state index contributed by atoms with van der Waals surface area (Å²) in [4.78, 5) is 44.2. The Morgan fingerprint density at radius 3 is 2.41 bits per heavy atom. The zero-order chi connectivity index (χ0) is 26.7. The molecular formula is C28H25BrN2O6. The minimum Gasteiger partial charge on any atom is -0.507 e. The van der Waals surface area contributed by atoms with Crippen LogP contribution in [0.25, 0.3) is 5.76 Å². The number of carbonyl (C=O) groups excluding carboxylic acids is 3. The average Bonchev–Trinajstić information content (AvgIpc) is 3.13. The fourth-order valence-electron chi connectivity index (χ4n) is 4.12. The molecule has 2 heterocycles. The van der Waals surface area contributed by atoms with Crippen LogP contribution in [0.4, 0.5) is 0 Å². The van der Waals surface area contributed by atoms with E-state index in [2.05, 4.69) is 20.9 Å². The quantitative estimate of drug-likeness (QED) is 0.185. The van der Waals surface area contributed by atoms with Crippen molar-refractivity contribution < 1.29 is 29.0 Å². The number of ether oxygens (including phenoxy) is 2. The average molecular weight is 565 g/mol. The molecule has 1 atom stereocenters. The number of amides is 1. The number of aliphatic hydroxyl groups is 1. The topological polar surface area (TPSA) is 106 Å². The Balaban J connectivity index is 1.73. The first-order valence-electron chi connectivity index (χ1n) is 11.5. The molecule has 190 valence electrons. The molecule has 3 aromatic rings. The molecule has 4 rings (SSSR count). The number of aliphatic hydroxyl groups excluding tert-OH is 1. The van der Waals surface area contributed by atoms with Gasteiger partial charge in [0, 0.05) is 24.5 Å². The lowest BCUT2D eigenvalue weighted by Crippen LogP contribution is -2.29. The number of likely N-dealkylation sites (tertiary alicyclic amines) is 1. The molecule has 1 N–H and O–H groups in total. The number of Topliss-reactive ketones (excluding diaryl/α,β-unsaturated/α-hetero) is 1. The van der Waals surface area contributed by atoms with Crippen molar-refractivity contribution in [2.45, 2.75) is 32.5 Å². The van der Waals surface area contributed by atoms with Gasteiger partial charge in [-0.2, -0.15) is 0 Å².